The van der Waals surface area contributed by atoms with Crippen LogP contribution in [0, 0.1) is 6.92 Å². The van der Waals surface area contributed by atoms with Gasteiger partial charge in [-0.05, 0) is 41.8 Å². The number of nitrogens with zero attached hydrogens (tertiary/aromatic N) is 2. The molecule has 0 saturated carbocycles. The fourth-order valence-corrected chi connectivity index (χ4v) is 3.12. The van der Waals surface area contributed by atoms with Crippen LogP contribution in [-0.4, -0.2) is 35.0 Å². The van der Waals surface area contributed by atoms with E-state index < -0.39 is 0 Å². The highest BCUT2D eigenvalue weighted by molar-refractivity contribution is 6.30. The second-order valence-corrected chi connectivity index (χ2v) is 7.25. The lowest BCUT2D eigenvalue weighted by molar-refractivity contribution is -0.115. The second-order valence-electron chi connectivity index (χ2n) is 6.81. The van der Waals surface area contributed by atoms with E-state index in [4.69, 9.17) is 11.6 Å². The highest BCUT2D eigenvalue weighted by Gasteiger charge is 2.12. The lowest BCUT2D eigenvalue weighted by Gasteiger charge is -2.04. The fraction of sp³-hybridized carbons (Fsp3) is 0.136. The van der Waals surface area contributed by atoms with Gasteiger partial charge < -0.3 is 10.6 Å². The van der Waals surface area contributed by atoms with Crippen LogP contribution in [-0.2, 0) is 4.79 Å². The van der Waals surface area contributed by atoms with Crippen LogP contribution in [0.4, 0.5) is 5.82 Å². The first kappa shape index (κ1) is 19.0. The summed E-state index contributed by atoms with van der Waals surface area (Å²) in [6.07, 6.45) is 1.98. The van der Waals surface area contributed by atoms with Gasteiger partial charge in [0.1, 0.15) is 5.84 Å². The minimum Gasteiger partial charge on any atom is -0.361 e. The zero-order valence-corrected chi connectivity index (χ0v) is 16.6. The molecule has 0 bridgehead atoms. The smallest absolute Gasteiger partial charge is 0.244 e. The van der Waals surface area contributed by atoms with Crippen LogP contribution in [0.5, 0.6) is 0 Å². The zero-order chi connectivity index (χ0) is 20.2. The molecule has 0 radical (unpaired) electrons. The molecule has 0 spiro atoms. The van der Waals surface area contributed by atoms with Crippen molar-refractivity contribution in [3.8, 4) is 11.3 Å². The van der Waals surface area contributed by atoms with Crippen molar-refractivity contribution in [3.05, 3.63) is 76.8 Å². The topological polar surface area (TPSA) is 82.2 Å². The average Bonchev–Trinajstić information content (AvgIpc) is 3.37. The predicted molar refractivity (Wildman–Crippen MR) is 117 cm³/mol. The maximum absolute atomic E-state index is 12.2. The Balaban J connectivity index is 1.30. The third kappa shape index (κ3) is 4.73. The summed E-state index contributed by atoms with van der Waals surface area (Å²) in [5.41, 5.74) is 5.24. The standard InChI is InChI=1S/C22H20ClN5O/c1-14-2-4-15(5-3-14)17-10-20(24-12-17)25-13-22(29)26-21-11-19(27-28-21)16-6-8-18(23)9-7-16/h2-11H,12-13H2,1H3,(H,24,25)(H2,26,27,28,29). The van der Waals surface area contributed by atoms with Crippen LogP contribution >= 0.6 is 11.6 Å². The number of H-pyrrole nitrogens is 1. The Labute approximate surface area is 173 Å². The summed E-state index contributed by atoms with van der Waals surface area (Å²) in [6, 6.07) is 17.5. The normalized spacial score (nSPS) is 13.0. The molecule has 1 aliphatic rings. The Bertz CT molecular complexity index is 1080. The number of nitrogens with one attached hydrogen (secondary N) is 3. The van der Waals surface area contributed by atoms with Gasteiger partial charge >= 0.3 is 0 Å². The van der Waals surface area contributed by atoms with E-state index in [1.54, 1.807) is 18.2 Å². The number of anilines is 1. The number of amides is 1. The molecule has 6 nitrogen and oxygen atoms in total. The van der Waals surface area contributed by atoms with Gasteiger partial charge in [0, 0.05) is 11.1 Å². The van der Waals surface area contributed by atoms with E-state index in [1.807, 2.05) is 18.2 Å². The van der Waals surface area contributed by atoms with E-state index in [0.717, 1.165) is 22.4 Å². The number of aromatic nitrogens is 2. The fourth-order valence-electron chi connectivity index (χ4n) is 3.00. The molecule has 1 aromatic heterocycles. The van der Waals surface area contributed by atoms with E-state index in [-0.39, 0.29) is 12.5 Å². The molecule has 7 heteroatoms. The number of benzene rings is 2. The first-order valence-corrected chi connectivity index (χ1v) is 9.62. The van der Waals surface area contributed by atoms with Gasteiger partial charge in [0.05, 0.1) is 18.8 Å². The Kier molecular flexibility index (Phi) is 5.44. The van der Waals surface area contributed by atoms with E-state index in [2.05, 4.69) is 57.0 Å². The van der Waals surface area contributed by atoms with E-state index in [0.29, 0.717) is 23.2 Å². The van der Waals surface area contributed by atoms with Gasteiger partial charge in [-0.25, -0.2) is 0 Å². The van der Waals surface area contributed by atoms with E-state index in [1.165, 1.54) is 5.56 Å². The van der Waals surface area contributed by atoms with Crippen LogP contribution in [0.1, 0.15) is 11.1 Å². The van der Waals surface area contributed by atoms with Crippen molar-refractivity contribution in [2.45, 2.75) is 6.92 Å². The summed E-state index contributed by atoms with van der Waals surface area (Å²) in [6.45, 7) is 2.78. The molecule has 4 rings (SSSR count). The number of aryl methyl sites for hydroxylation is 1. The minimum atomic E-state index is -0.195. The zero-order valence-electron chi connectivity index (χ0n) is 15.9. The highest BCUT2D eigenvalue weighted by Crippen LogP contribution is 2.22. The first-order chi connectivity index (χ1) is 14.1. The number of hydrogen-bond acceptors (Lipinski definition) is 4. The molecule has 2 aromatic carbocycles. The number of rotatable bonds is 5. The number of hydrogen-bond donors (Lipinski definition) is 3. The maximum atomic E-state index is 12.2. The molecule has 1 amide bonds. The monoisotopic (exact) mass is 405 g/mol. The summed E-state index contributed by atoms with van der Waals surface area (Å²) >= 11 is 5.91. The first-order valence-electron chi connectivity index (χ1n) is 9.24. The molecule has 146 valence electrons. The van der Waals surface area contributed by atoms with Gasteiger partial charge in [0.15, 0.2) is 5.82 Å². The quantitative estimate of drug-likeness (QED) is 0.598. The molecule has 0 unspecified atom stereocenters. The predicted octanol–water partition coefficient (Wildman–Crippen LogP) is 4.06. The van der Waals surface area contributed by atoms with Crippen molar-refractivity contribution < 1.29 is 4.79 Å². The number of amidine groups is 1. The summed E-state index contributed by atoms with van der Waals surface area (Å²) in [7, 11) is 0. The molecule has 3 N–H and O–H groups in total. The van der Waals surface area contributed by atoms with Crippen molar-refractivity contribution in [1.82, 2.24) is 15.5 Å². The molecular formula is C22H20ClN5O. The van der Waals surface area contributed by atoms with Gasteiger partial charge in [-0.3, -0.25) is 14.9 Å². The number of aliphatic imine (C=N–C) groups is 1. The van der Waals surface area contributed by atoms with Crippen molar-refractivity contribution in [2.75, 3.05) is 18.4 Å². The molecule has 0 atom stereocenters. The maximum Gasteiger partial charge on any atom is 0.244 e. The largest absolute Gasteiger partial charge is 0.361 e. The molecule has 2 heterocycles. The van der Waals surface area contributed by atoms with Crippen LogP contribution in [0.25, 0.3) is 16.8 Å². The van der Waals surface area contributed by atoms with Gasteiger partial charge in [-0.15, -0.1) is 0 Å². The number of halogens is 1. The van der Waals surface area contributed by atoms with Crippen LogP contribution in [0.3, 0.4) is 0 Å². The molecule has 3 aromatic rings. The average molecular weight is 406 g/mol. The Morgan fingerprint density at radius 2 is 1.83 bits per heavy atom. The lowest BCUT2D eigenvalue weighted by Crippen LogP contribution is -2.31. The second kappa shape index (κ2) is 8.32. The summed E-state index contributed by atoms with van der Waals surface area (Å²) in [4.78, 5) is 16.7. The summed E-state index contributed by atoms with van der Waals surface area (Å²) in [5, 5.41) is 13.6. The number of carbonyl (C=O) groups excluding carboxylic acids is 1. The third-order valence-corrected chi connectivity index (χ3v) is 4.84. The van der Waals surface area contributed by atoms with E-state index in [9.17, 15) is 4.79 Å². The molecule has 0 saturated heterocycles. The van der Waals surface area contributed by atoms with Crippen LogP contribution < -0.4 is 10.6 Å². The molecular weight excluding hydrogens is 386 g/mol. The summed E-state index contributed by atoms with van der Waals surface area (Å²) < 4.78 is 0. The summed E-state index contributed by atoms with van der Waals surface area (Å²) in [5.74, 6) is 0.977. The SMILES string of the molecule is Cc1ccc(C2=CC(NCC(=O)Nc3cc(-c4ccc(Cl)cc4)[nH]n3)=NC2)cc1. The Hall–Kier alpha value is -3.38. The van der Waals surface area contributed by atoms with Gasteiger partial charge in [0.2, 0.25) is 5.91 Å². The van der Waals surface area contributed by atoms with Crippen molar-refractivity contribution >= 4 is 34.7 Å². The van der Waals surface area contributed by atoms with Gasteiger partial charge in [-0.1, -0.05) is 53.6 Å². The number of aromatic amines is 1. The molecule has 0 aliphatic carbocycles. The highest BCUT2D eigenvalue weighted by atomic mass is 35.5. The van der Waals surface area contributed by atoms with Gasteiger partial charge in [-0.2, -0.15) is 5.10 Å². The minimum absolute atomic E-state index is 0.111. The van der Waals surface area contributed by atoms with E-state index >= 15 is 0 Å². The van der Waals surface area contributed by atoms with Crippen molar-refractivity contribution in [1.29, 1.82) is 0 Å². The lowest BCUT2D eigenvalue weighted by atomic mass is 10.1. The van der Waals surface area contributed by atoms with Crippen LogP contribution in [0.15, 0.2) is 65.7 Å². The van der Waals surface area contributed by atoms with Crippen molar-refractivity contribution in [2.24, 2.45) is 4.99 Å². The number of carbonyl (C=O) groups is 1. The Morgan fingerprint density at radius 3 is 2.59 bits per heavy atom. The molecule has 29 heavy (non-hydrogen) atoms. The van der Waals surface area contributed by atoms with Crippen molar-refractivity contribution in [3.63, 3.8) is 0 Å². The third-order valence-electron chi connectivity index (χ3n) is 4.58. The molecule has 0 fully saturated rings. The van der Waals surface area contributed by atoms with Gasteiger partial charge in [0.25, 0.3) is 0 Å². The molecule has 1 aliphatic heterocycles. The van der Waals surface area contributed by atoms with Crippen LogP contribution in [0.2, 0.25) is 5.02 Å². The Morgan fingerprint density at radius 1 is 1.10 bits per heavy atom.